The Balaban J connectivity index is 2.16. The van der Waals surface area contributed by atoms with Crippen LogP contribution < -0.4 is 5.32 Å². The van der Waals surface area contributed by atoms with Crippen molar-refractivity contribution in [2.75, 3.05) is 13.1 Å². The highest BCUT2D eigenvalue weighted by Gasteiger charge is 2.27. The molecule has 0 unspecified atom stereocenters. The van der Waals surface area contributed by atoms with E-state index in [0.29, 0.717) is 31.0 Å². The molecule has 0 heterocycles. The number of carbonyl (C=O) groups excluding carboxylic acids is 2. The number of rotatable bonds is 9. The summed E-state index contributed by atoms with van der Waals surface area (Å²) in [6.45, 7) is 4.87. The number of benzene rings is 2. The van der Waals surface area contributed by atoms with Gasteiger partial charge in [0.05, 0.1) is 6.42 Å². The van der Waals surface area contributed by atoms with E-state index in [1.807, 2.05) is 56.3 Å². The molecule has 0 aromatic heterocycles. The summed E-state index contributed by atoms with van der Waals surface area (Å²) >= 11 is 5.93. The summed E-state index contributed by atoms with van der Waals surface area (Å²) in [5, 5.41) is 3.49. The molecular formula is C22H27ClN2O2. The second-order valence-electron chi connectivity index (χ2n) is 6.44. The molecule has 0 spiro atoms. The van der Waals surface area contributed by atoms with Gasteiger partial charge in [-0.15, -0.1) is 0 Å². The first-order valence-electron chi connectivity index (χ1n) is 9.40. The Hall–Kier alpha value is -2.33. The normalized spacial score (nSPS) is 11.7. The average molecular weight is 387 g/mol. The predicted molar refractivity (Wildman–Crippen MR) is 110 cm³/mol. The molecule has 0 aliphatic carbocycles. The zero-order valence-electron chi connectivity index (χ0n) is 16.0. The Bertz CT molecular complexity index is 732. The monoisotopic (exact) mass is 386 g/mol. The number of amides is 2. The average Bonchev–Trinajstić information content (AvgIpc) is 2.67. The minimum absolute atomic E-state index is 0.0497. The first kappa shape index (κ1) is 21.0. The Labute approximate surface area is 166 Å². The fourth-order valence-corrected chi connectivity index (χ4v) is 3.19. The maximum Gasteiger partial charge on any atom is 0.242 e. The molecule has 4 nitrogen and oxygen atoms in total. The van der Waals surface area contributed by atoms with E-state index in [1.54, 1.807) is 17.0 Å². The van der Waals surface area contributed by atoms with Crippen LogP contribution in [0.2, 0.25) is 5.02 Å². The summed E-state index contributed by atoms with van der Waals surface area (Å²) in [5.74, 6) is -0.149. The van der Waals surface area contributed by atoms with Gasteiger partial charge in [0.2, 0.25) is 11.8 Å². The molecule has 1 atom stereocenters. The lowest BCUT2D eigenvalue weighted by Crippen LogP contribution is -2.50. The molecule has 0 saturated heterocycles. The van der Waals surface area contributed by atoms with Gasteiger partial charge >= 0.3 is 0 Å². The highest BCUT2D eigenvalue weighted by molar-refractivity contribution is 6.30. The summed E-state index contributed by atoms with van der Waals surface area (Å²) in [5.41, 5.74) is 2.03. The number of hydrogen-bond donors (Lipinski definition) is 1. The molecule has 1 N–H and O–H groups in total. The number of nitrogens with zero attached hydrogens (tertiary/aromatic N) is 1. The predicted octanol–water partition coefficient (Wildman–Crippen LogP) is 3.87. The van der Waals surface area contributed by atoms with Gasteiger partial charge in [0.15, 0.2) is 0 Å². The SMILES string of the molecule is CCNC(=O)[C@@H](CC)N(CCc1ccccc1)C(=O)Cc1ccc(Cl)cc1. The maximum absolute atomic E-state index is 13.0. The smallest absolute Gasteiger partial charge is 0.242 e. The summed E-state index contributed by atoms with van der Waals surface area (Å²) < 4.78 is 0. The van der Waals surface area contributed by atoms with Gasteiger partial charge in [-0.25, -0.2) is 0 Å². The van der Waals surface area contributed by atoms with Crippen LogP contribution in [0, 0.1) is 0 Å². The number of carbonyl (C=O) groups is 2. The maximum atomic E-state index is 13.0. The number of nitrogens with one attached hydrogen (secondary N) is 1. The molecule has 0 fully saturated rings. The van der Waals surface area contributed by atoms with Gasteiger partial charge in [-0.3, -0.25) is 9.59 Å². The van der Waals surface area contributed by atoms with Crippen LogP contribution in [0.25, 0.3) is 0 Å². The molecule has 2 amide bonds. The summed E-state index contributed by atoms with van der Waals surface area (Å²) in [6, 6.07) is 16.8. The standard InChI is InChI=1S/C22H27ClN2O2/c1-3-20(22(27)24-4-2)25(15-14-17-8-6-5-7-9-17)21(26)16-18-10-12-19(23)13-11-18/h5-13,20H,3-4,14-16H2,1-2H3,(H,24,27)/t20-/m1/s1. The third-order valence-corrected chi connectivity index (χ3v) is 4.74. The van der Waals surface area contributed by atoms with E-state index in [9.17, 15) is 9.59 Å². The van der Waals surface area contributed by atoms with Crippen LogP contribution in [0.15, 0.2) is 54.6 Å². The Morgan fingerprint density at radius 3 is 2.26 bits per heavy atom. The lowest BCUT2D eigenvalue weighted by Gasteiger charge is -2.30. The highest BCUT2D eigenvalue weighted by atomic mass is 35.5. The van der Waals surface area contributed by atoms with E-state index in [-0.39, 0.29) is 18.2 Å². The number of likely N-dealkylation sites (N-methyl/N-ethyl adjacent to an activating group) is 1. The number of hydrogen-bond acceptors (Lipinski definition) is 2. The van der Waals surface area contributed by atoms with Crippen molar-refractivity contribution in [2.45, 2.75) is 39.2 Å². The largest absolute Gasteiger partial charge is 0.355 e. The van der Waals surface area contributed by atoms with Gasteiger partial charge < -0.3 is 10.2 Å². The van der Waals surface area contributed by atoms with Crippen LogP contribution in [-0.2, 0) is 22.4 Å². The summed E-state index contributed by atoms with van der Waals surface area (Å²) in [4.78, 5) is 27.3. The Morgan fingerprint density at radius 2 is 1.67 bits per heavy atom. The fourth-order valence-electron chi connectivity index (χ4n) is 3.07. The molecule has 0 bridgehead atoms. The molecule has 0 aliphatic rings. The van der Waals surface area contributed by atoms with Crippen LogP contribution in [0.4, 0.5) is 0 Å². The molecule has 2 aromatic carbocycles. The van der Waals surface area contributed by atoms with Gasteiger partial charge in [0.1, 0.15) is 6.04 Å². The quantitative estimate of drug-likeness (QED) is 0.711. The molecule has 2 aromatic rings. The van der Waals surface area contributed by atoms with Crippen LogP contribution in [-0.4, -0.2) is 35.8 Å². The molecule has 5 heteroatoms. The van der Waals surface area contributed by atoms with Gasteiger partial charge in [-0.1, -0.05) is 61.0 Å². The lowest BCUT2D eigenvalue weighted by atomic mass is 10.1. The zero-order valence-corrected chi connectivity index (χ0v) is 16.7. The van der Waals surface area contributed by atoms with E-state index >= 15 is 0 Å². The minimum Gasteiger partial charge on any atom is -0.355 e. The minimum atomic E-state index is -0.464. The molecule has 0 aliphatic heterocycles. The summed E-state index contributed by atoms with van der Waals surface area (Å²) in [6.07, 6.45) is 1.54. The molecule has 0 saturated carbocycles. The first-order chi connectivity index (χ1) is 13.0. The van der Waals surface area contributed by atoms with Crippen molar-refractivity contribution in [1.82, 2.24) is 10.2 Å². The van der Waals surface area contributed by atoms with Crippen molar-refractivity contribution < 1.29 is 9.59 Å². The highest BCUT2D eigenvalue weighted by Crippen LogP contribution is 2.14. The van der Waals surface area contributed by atoms with E-state index in [0.717, 1.165) is 11.1 Å². The molecular weight excluding hydrogens is 360 g/mol. The van der Waals surface area contributed by atoms with Crippen molar-refractivity contribution in [3.05, 3.63) is 70.7 Å². The van der Waals surface area contributed by atoms with Crippen molar-refractivity contribution in [3.8, 4) is 0 Å². The van der Waals surface area contributed by atoms with Gasteiger partial charge in [0.25, 0.3) is 0 Å². The molecule has 144 valence electrons. The third-order valence-electron chi connectivity index (χ3n) is 4.49. The second-order valence-corrected chi connectivity index (χ2v) is 6.88. The van der Waals surface area contributed by atoms with Crippen molar-refractivity contribution in [1.29, 1.82) is 0 Å². The molecule has 0 radical (unpaired) electrons. The van der Waals surface area contributed by atoms with E-state index < -0.39 is 6.04 Å². The van der Waals surface area contributed by atoms with Crippen molar-refractivity contribution >= 4 is 23.4 Å². The molecule has 2 rings (SSSR count). The second kappa shape index (κ2) is 10.7. The Kier molecular flexibility index (Phi) is 8.34. The zero-order chi connectivity index (χ0) is 19.6. The first-order valence-corrected chi connectivity index (χ1v) is 9.78. The van der Waals surface area contributed by atoms with E-state index in [1.165, 1.54) is 0 Å². The fraction of sp³-hybridized carbons (Fsp3) is 0.364. The van der Waals surface area contributed by atoms with Crippen LogP contribution in [0.3, 0.4) is 0 Å². The Morgan fingerprint density at radius 1 is 1.00 bits per heavy atom. The number of halogens is 1. The topological polar surface area (TPSA) is 49.4 Å². The van der Waals surface area contributed by atoms with Crippen LogP contribution in [0.1, 0.15) is 31.4 Å². The lowest BCUT2D eigenvalue weighted by molar-refractivity contribution is -0.140. The van der Waals surface area contributed by atoms with Gasteiger partial charge in [0, 0.05) is 18.1 Å². The van der Waals surface area contributed by atoms with Crippen LogP contribution >= 0.6 is 11.6 Å². The van der Waals surface area contributed by atoms with Gasteiger partial charge in [-0.05, 0) is 43.0 Å². The van der Waals surface area contributed by atoms with Crippen molar-refractivity contribution in [2.24, 2.45) is 0 Å². The van der Waals surface area contributed by atoms with E-state index in [4.69, 9.17) is 11.6 Å². The van der Waals surface area contributed by atoms with Crippen LogP contribution in [0.5, 0.6) is 0 Å². The van der Waals surface area contributed by atoms with Crippen molar-refractivity contribution in [3.63, 3.8) is 0 Å². The summed E-state index contributed by atoms with van der Waals surface area (Å²) in [7, 11) is 0. The van der Waals surface area contributed by atoms with Gasteiger partial charge in [-0.2, -0.15) is 0 Å². The van der Waals surface area contributed by atoms with E-state index in [2.05, 4.69) is 5.32 Å². The third kappa shape index (κ3) is 6.40. The molecule has 27 heavy (non-hydrogen) atoms.